The number of hydrogen-bond acceptors (Lipinski definition) is 9. The first-order valence-electron chi connectivity index (χ1n) is 13.1. The van der Waals surface area contributed by atoms with Crippen LogP contribution in [0.25, 0.3) is 0 Å². The van der Waals surface area contributed by atoms with Gasteiger partial charge in [-0.25, -0.2) is 0 Å². The minimum atomic E-state index is -2.86. The van der Waals surface area contributed by atoms with Gasteiger partial charge in [-0.2, -0.15) is 0 Å². The van der Waals surface area contributed by atoms with Gasteiger partial charge < -0.3 is 40.8 Å². The Kier molecular flexibility index (Phi) is 28.9. The van der Waals surface area contributed by atoms with Crippen molar-refractivity contribution in [3.05, 3.63) is 24.6 Å². The fourth-order valence-electron chi connectivity index (χ4n) is 2.48. The number of rotatable bonds is 26. The molecule has 216 valence electrons. The van der Waals surface area contributed by atoms with E-state index in [1.54, 1.807) is 32.7 Å². The molecule has 0 aliphatic heterocycles. The van der Waals surface area contributed by atoms with Gasteiger partial charge in [0.05, 0.1) is 39.6 Å². The second-order valence-corrected chi connectivity index (χ2v) is 12.7. The SMILES string of the molecule is C=C[Si](OCCCC)(OCCCC)OCCCC.C=C[Si](OCCOC)(OCCOC)OCCOC. The summed E-state index contributed by atoms with van der Waals surface area (Å²) in [6.07, 6.45) is 6.47. The van der Waals surface area contributed by atoms with E-state index in [0.29, 0.717) is 59.5 Å². The second-order valence-electron chi connectivity index (χ2n) is 7.75. The largest absolute Gasteiger partial charge is 0.529 e. The van der Waals surface area contributed by atoms with E-state index in [1.807, 2.05) is 0 Å². The fourth-order valence-corrected chi connectivity index (χ4v) is 6.08. The summed E-state index contributed by atoms with van der Waals surface area (Å²) in [7, 11) is -0.647. The van der Waals surface area contributed by atoms with Gasteiger partial charge in [0.1, 0.15) is 0 Å². The first kappa shape index (κ1) is 37.7. The van der Waals surface area contributed by atoms with Crippen molar-refractivity contribution in [1.29, 1.82) is 0 Å². The molecule has 0 heterocycles. The zero-order chi connectivity index (χ0) is 27.4. The molecule has 0 aliphatic carbocycles. The molecule has 0 amide bonds. The van der Waals surface area contributed by atoms with E-state index < -0.39 is 17.6 Å². The highest BCUT2D eigenvalue weighted by atomic mass is 28.4. The summed E-state index contributed by atoms with van der Waals surface area (Å²) in [5.41, 5.74) is 3.38. The van der Waals surface area contributed by atoms with Gasteiger partial charge in [0.15, 0.2) is 0 Å². The molecule has 0 aromatic heterocycles. The van der Waals surface area contributed by atoms with Crippen molar-refractivity contribution in [3.8, 4) is 0 Å². The van der Waals surface area contributed by atoms with E-state index in [2.05, 4.69) is 33.9 Å². The Balaban J connectivity index is 0. The van der Waals surface area contributed by atoms with Crippen molar-refractivity contribution in [1.82, 2.24) is 0 Å². The number of unbranched alkanes of at least 4 members (excludes halogenated alkanes) is 3. The highest BCUT2D eigenvalue weighted by Gasteiger charge is 2.38. The number of methoxy groups -OCH3 is 3. The predicted molar refractivity (Wildman–Crippen MR) is 148 cm³/mol. The summed E-state index contributed by atoms with van der Waals surface area (Å²) >= 11 is 0. The van der Waals surface area contributed by atoms with Gasteiger partial charge in [-0.3, -0.25) is 0 Å². The van der Waals surface area contributed by atoms with Crippen LogP contribution in [0.3, 0.4) is 0 Å². The molecular formula is C25H54O9Si2. The minimum absolute atomic E-state index is 0.398. The van der Waals surface area contributed by atoms with Crippen LogP contribution >= 0.6 is 0 Å². The van der Waals surface area contributed by atoms with Crippen molar-refractivity contribution in [2.75, 3.05) is 80.8 Å². The molecule has 0 aliphatic rings. The van der Waals surface area contributed by atoms with Gasteiger partial charge in [0.25, 0.3) is 0 Å². The summed E-state index contributed by atoms with van der Waals surface area (Å²) in [4.78, 5) is 0. The Morgan fingerprint density at radius 3 is 0.889 bits per heavy atom. The molecule has 0 spiro atoms. The lowest BCUT2D eigenvalue weighted by Gasteiger charge is -2.26. The van der Waals surface area contributed by atoms with Crippen LogP contribution < -0.4 is 0 Å². The van der Waals surface area contributed by atoms with E-state index in [1.165, 1.54) is 0 Å². The Bertz CT molecular complexity index is 389. The van der Waals surface area contributed by atoms with Crippen molar-refractivity contribution in [3.63, 3.8) is 0 Å². The Hall–Kier alpha value is -0.446. The van der Waals surface area contributed by atoms with Gasteiger partial charge >= 0.3 is 17.6 Å². The highest BCUT2D eigenvalue weighted by molar-refractivity contribution is 6.66. The average molecular weight is 555 g/mol. The molecule has 0 rings (SSSR count). The molecule has 0 atom stereocenters. The maximum absolute atomic E-state index is 5.89. The lowest BCUT2D eigenvalue weighted by Crippen LogP contribution is -2.46. The molecule has 0 saturated heterocycles. The van der Waals surface area contributed by atoms with Crippen LogP contribution in [-0.2, 0) is 40.8 Å². The summed E-state index contributed by atoms with van der Waals surface area (Å²) in [5.74, 6) is 0. The zero-order valence-electron chi connectivity index (χ0n) is 23.8. The Labute approximate surface area is 223 Å². The average Bonchev–Trinajstić information content (AvgIpc) is 2.89. The molecule has 0 fully saturated rings. The van der Waals surface area contributed by atoms with Crippen LogP contribution in [0.5, 0.6) is 0 Å². The van der Waals surface area contributed by atoms with E-state index >= 15 is 0 Å². The van der Waals surface area contributed by atoms with E-state index in [9.17, 15) is 0 Å². The normalized spacial score (nSPS) is 11.7. The molecule has 0 radical (unpaired) electrons. The molecule has 0 bridgehead atoms. The molecular weight excluding hydrogens is 500 g/mol. The smallest absolute Gasteiger partial charge is 0.382 e. The monoisotopic (exact) mass is 554 g/mol. The predicted octanol–water partition coefficient (Wildman–Crippen LogP) is 4.74. The molecule has 36 heavy (non-hydrogen) atoms. The second kappa shape index (κ2) is 27.6. The lowest BCUT2D eigenvalue weighted by atomic mass is 10.4. The van der Waals surface area contributed by atoms with E-state index in [-0.39, 0.29) is 0 Å². The van der Waals surface area contributed by atoms with Crippen LogP contribution in [0.15, 0.2) is 24.6 Å². The van der Waals surface area contributed by atoms with Crippen LogP contribution in [0, 0.1) is 0 Å². The molecule has 0 saturated carbocycles. The van der Waals surface area contributed by atoms with Crippen LogP contribution in [0.1, 0.15) is 59.3 Å². The van der Waals surface area contributed by atoms with Crippen LogP contribution in [0.4, 0.5) is 0 Å². The zero-order valence-corrected chi connectivity index (χ0v) is 25.8. The van der Waals surface area contributed by atoms with Gasteiger partial charge in [0.2, 0.25) is 0 Å². The van der Waals surface area contributed by atoms with Crippen molar-refractivity contribution >= 4 is 17.6 Å². The van der Waals surface area contributed by atoms with E-state index in [0.717, 1.165) is 38.5 Å². The summed E-state index contributed by atoms with van der Waals surface area (Å²) in [6, 6.07) is 0. The van der Waals surface area contributed by atoms with Crippen molar-refractivity contribution < 1.29 is 40.8 Å². The van der Waals surface area contributed by atoms with Crippen molar-refractivity contribution in [2.24, 2.45) is 0 Å². The first-order valence-corrected chi connectivity index (χ1v) is 16.7. The van der Waals surface area contributed by atoms with Gasteiger partial charge in [0, 0.05) is 41.2 Å². The molecule has 9 nitrogen and oxygen atoms in total. The van der Waals surface area contributed by atoms with Crippen molar-refractivity contribution in [2.45, 2.75) is 59.3 Å². The summed E-state index contributed by atoms with van der Waals surface area (Å²) < 4.78 is 49.4. The fraction of sp³-hybridized carbons (Fsp3) is 0.840. The van der Waals surface area contributed by atoms with Gasteiger partial charge in [-0.1, -0.05) is 53.2 Å². The molecule has 0 aromatic carbocycles. The standard InChI is InChI=1S/C14H30O3Si.C11H24O6Si/c1-5-9-12-15-18(8-4,16-13-10-6-2)17-14-11-7-3;1-5-18(15-9-6-12-2,16-10-7-13-3)17-11-8-14-4/h8H,4-7,9-14H2,1-3H3;5H,1,6-11H2,2-4H3. The maximum Gasteiger partial charge on any atom is 0.529 e. The summed E-state index contributed by atoms with van der Waals surface area (Å²) in [5, 5.41) is 0. The third kappa shape index (κ3) is 20.6. The Morgan fingerprint density at radius 2 is 0.694 bits per heavy atom. The number of ether oxygens (including phenoxy) is 3. The van der Waals surface area contributed by atoms with Gasteiger partial charge in [-0.15, -0.1) is 0 Å². The van der Waals surface area contributed by atoms with Crippen LogP contribution in [-0.4, -0.2) is 98.4 Å². The third-order valence-corrected chi connectivity index (χ3v) is 9.31. The Morgan fingerprint density at radius 1 is 0.444 bits per heavy atom. The van der Waals surface area contributed by atoms with E-state index in [4.69, 9.17) is 40.8 Å². The lowest BCUT2D eigenvalue weighted by molar-refractivity contribution is 0.0232. The minimum Gasteiger partial charge on any atom is -0.382 e. The molecule has 0 N–H and O–H groups in total. The number of hydrogen-bond donors (Lipinski definition) is 0. The van der Waals surface area contributed by atoms with Crippen LogP contribution in [0.2, 0.25) is 0 Å². The molecule has 0 aromatic rings. The quantitative estimate of drug-likeness (QED) is 0.111. The third-order valence-electron chi connectivity index (χ3n) is 4.68. The topological polar surface area (TPSA) is 83.1 Å². The summed E-state index contributed by atoms with van der Waals surface area (Å²) in [6.45, 7) is 18.8. The first-order chi connectivity index (χ1) is 17.5. The highest BCUT2D eigenvalue weighted by Crippen LogP contribution is 2.14. The van der Waals surface area contributed by atoms with Gasteiger partial charge in [-0.05, 0) is 30.7 Å². The maximum atomic E-state index is 5.89. The molecule has 0 unspecified atom stereocenters. The molecule has 11 heteroatoms.